The van der Waals surface area contributed by atoms with E-state index in [0.29, 0.717) is 19.6 Å². The number of hydrogen-bond acceptors (Lipinski definition) is 4. The largest absolute Gasteiger partial charge is 0.457 e. The molecule has 120 valence electrons. The first-order valence-electron chi connectivity index (χ1n) is 7.73. The SMILES string of the molecule is O=C(CC1COCCN1)Nc1ccc(Oc2ccccc2)cc1. The lowest BCUT2D eigenvalue weighted by Gasteiger charge is -2.23. The Balaban J connectivity index is 1.51. The number of para-hydroxylation sites is 1. The third kappa shape index (κ3) is 4.81. The molecule has 2 aromatic rings. The van der Waals surface area contributed by atoms with Crippen molar-refractivity contribution in [2.45, 2.75) is 12.5 Å². The summed E-state index contributed by atoms with van der Waals surface area (Å²) in [5, 5.41) is 6.16. The van der Waals surface area contributed by atoms with Gasteiger partial charge in [-0.2, -0.15) is 0 Å². The molecule has 0 saturated carbocycles. The molecule has 0 bridgehead atoms. The summed E-state index contributed by atoms with van der Waals surface area (Å²) in [5.74, 6) is 1.49. The minimum absolute atomic E-state index is 0.0234. The Morgan fingerprint density at radius 2 is 1.87 bits per heavy atom. The predicted molar refractivity (Wildman–Crippen MR) is 88.8 cm³/mol. The Morgan fingerprint density at radius 1 is 1.13 bits per heavy atom. The van der Waals surface area contributed by atoms with Crippen LogP contribution >= 0.6 is 0 Å². The van der Waals surface area contributed by atoms with E-state index < -0.39 is 0 Å². The number of benzene rings is 2. The first kappa shape index (κ1) is 15.5. The second-order valence-corrected chi connectivity index (χ2v) is 5.42. The van der Waals surface area contributed by atoms with Crippen LogP contribution in [0.3, 0.4) is 0 Å². The summed E-state index contributed by atoms with van der Waals surface area (Å²) in [5.41, 5.74) is 0.757. The summed E-state index contributed by atoms with van der Waals surface area (Å²) in [6, 6.07) is 17.0. The van der Waals surface area contributed by atoms with Crippen molar-refractivity contribution in [1.29, 1.82) is 0 Å². The standard InChI is InChI=1S/C18H20N2O3/c21-18(12-15-13-22-11-10-19-15)20-14-6-8-17(9-7-14)23-16-4-2-1-3-5-16/h1-9,15,19H,10-13H2,(H,20,21). The molecule has 1 amide bonds. The molecule has 2 aromatic carbocycles. The smallest absolute Gasteiger partial charge is 0.226 e. The van der Waals surface area contributed by atoms with E-state index in [1.807, 2.05) is 54.6 Å². The molecule has 0 radical (unpaired) electrons. The zero-order valence-electron chi connectivity index (χ0n) is 12.8. The van der Waals surface area contributed by atoms with Crippen molar-refractivity contribution in [3.8, 4) is 11.5 Å². The lowest BCUT2D eigenvalue weighted by molar-refractivity contribution is -0.117. The van der Waals surface area contributed by atoms with Crippen LogP contribution in [-0.4, -0.2) is 31.7 Å². The fraction of sp³-hybridized carbons (Fsp3) is 0.278. The highest BCUT2D eigenvalue weighted by Gasteiger charge is 2.16. The summed E-state index contributed by atoms with van der Waals surface area (Å²) < 4.78 is 11.1. The Kier molecular flexibility index (Phi) is 5.24. The fourth-order valence-electron chi connectivity index (χ4n) is 2.42. The predicted octanol–water partition coefficient (Wildman–Crippen LogP) is 2.80. The van der Waals surface area contributed by atoms with Crippen molar-refractivity contribution >= 4 is 11.6 Å². The van der Waals surface area contributed by atoms with Gasteiger partial charge in [-0.05, 0) is 36.4 Å². The van der Waals surface area contributed by atoms with Crippen LogP contribution in [0, 0.1) is 0 Å². The second-order valence-electron chi connectivity index (χ2n) is 5.42. The number of hydrogen-bond donors (Lipinski definition) is 2. The van der Waals surface area contributed by atoms with Gasteiger partial charge in [-0.1, -0.05) is 18.2 Å². The van der Waals surface area contributed by atoms with E-state index in [2.05, 4.69) is 10.6 Å². The quantitative estimate of drug-likeness (QED) is 0.891. The molecule has 0 spiro atoms. The van der Waals surface area contributed by atoms with E-state index in [9.17, 15) is 4.79 Å². The first-order chi connectivity index (χ1) is 11.3. The van der Waals surface area contributed by atoms with Crippen LogP contribution in [0.25, 0.3) is 0 Å². The molecule has 1 saturated heterocycles. The normalized spacial score (nSPS) is 17.5. The van der Waals surface area contributed by atoms with E-state index in [1.54, 1.807) is 0 Å². The molecule has 1 aliphatic rings. The Labute approximate surface area is 135 Å². The Morgan fingerprint density at radius 3 is 2.57 bits per heavy atom. The van der Waals surface area contributed by atoms with Gasteiger partial charge in [-0.3, -0.25) is 4.79 Å². The Hall–Kier alpha value is -2.37. The van der Waals surface area contributed by atoms with Gasteiger partial charge in [0.05, 0.1) is 13.2 Å². The molecule has 5 nitrogen and oxygen atoms in total. The van der Waals surface area contributed by atoms with Gasteiger partial charge in [0.15, 0.2) is 0 Å². The van der Waals surface area contributed by atoms with Crippen molar-refractivity contribution in [2.24, 2.45) is 0 Å². The Bertz CT molecular complexity index is 622. The lowest BCUT2D eigenvalue weighted by Crippen LogP contribution is -2.43. The number of carbonyl (C=O) groups excluding carboxylic acids is 1. The molecule has 0 aromatic heterocycles. The molecular weight excluding hydrogens is 292 g/mol. The molecular formula is C18H20N2O3. The van der Waals surface area contributed by atoms with Crippen LogP contribution in [0.4, 0.5) is 5.69 Å². The van der Waals surface area contributed by atoms with E-state index in [-0.39, 0.29) is 11.9 Å². The zero-order chi connectivity index (χ0) is 15.9. The van der Waals surface area contributed by atoms with Crippen molar-refractivity contribution in [3.63, 3.8) is 0 Å². The molecule has 1 aliphatic heterocycles. The lowest BCUT2D eigenvalue weighted by atomic mass is 10.2. The van der Waals surface area contributed by atoms with E-state index in [0.717, 1.165) is 23.7 Å². The van der Waals surface area contributed by atoms with E-state index in [1.165, 1.54) is 0 Å². The third-order valence-corrected chi connectivity index (χ3v) is 3.55. The maximum Gasteiger partial charge on any atom is 0.226 e. The van der Waals surface area contributed by atoms with Crippen LogP contribution in [-0.2, 0) is 9.53 Å². The highest BCUT2D eigenvalue weighted by atomic mass is 16.5. The minimum atomic E-state index is -0.0234. The number of morpholine rings is 1. The summed E-state index contributed by atoms with van der Waals surface area (Å²) >= 11 is 0. The number of anilines is 1. The van der Waals surface area contributed by atoms with Gasteiger partial charge in [0, 0.05) is 24.7 Å². The average molecular weight is 312 g/mol. The van der Waals surface area contributed by atoms with Crippen molar-refractivity contribution in [1.82, 2.24) is 5.32 Å². The summed E-state index contributed by atoms with van der Waals surface area (Å²) in [6.07, 6.45) is 0.405. The highest BCUT2D eigenvalue weighted by molar-refractivity contribution is 5.91. The van der Waals surface area contributed by atoms with Crippen LogP contribution in [0.2, 0.25) is 0 Å². The van der Waals surface area contributed by atoms with Gasteiger partial charge in [-0.15, -0.1) is 0 Å². The molecule has 1 unspecified atom stereocenters. The van der Waals surface area contributed by atoms with Gasteiger partial charge in [0.25, 0.3) is 0 Å². The van der Waals surface area contributed by atoms with Crippen molar-refractivity contribution in [3.05, 3.63) is 54.6 Å². The number of nitrogens with one attached hydrogen (secondary N) is 2. The molecule has 23 heavy (non-hydrogen) atoms. The van der Waals surface area contributed by atoms with Crippen molar-refractivity contribution in [2.75, 3.05) is 25.1 Å². The number of amides is 1. The molecule has 3 rings (SSSR count). The molecule has 1 fully saturated rings. The van der Waals surface area contributed by atoms with Gasteiger partial charge >= 0.3 is 0 Å². The van der Waals surface area contributed by atoms with Crippen LogP contribution < -0.4 is 15.4 Å². The molecule has 1 atom stereocenters. The van der Waals surface area contributed by atoms with E-state index >= 15 is 0 Å². The summed E-state index contributed by atoms with van der Waals surface area (Å²) in [4.78, 5) is 12.0. The fourth-order valence-corrected chi connectivity index (χ4v) is 2.42. The second kappa shape index (κ2) is 7.76. The molecule has 5 heteroatoms. The zero-order valence-corrected chi connectivity index (χ0v) is 12.8. The van der Waals surface area contributed by atoms with Gasteiger partial charge < -0.3 is 20.1 Å². The number of ether oxygens (including phenoxy) is 2. The third-order valence-electron chi connectivity index (χ3n) is 3.55. The molecule has 0 aliphatic carbocycles. The van der Waals surface area contributed by atoms with Gasteiger partial charge in [0.2, 0.25) is 5.91 Å². The van der Waals surface area contributed by atoms with E-state index in [4.69, 9.17) is 9.47 Å². The maximum atomic E-state index is 12.0. The summed E-state index contributed by atoms with van der Waals surface area (Å²) in [6.45, 7) is 2.09. The molecule has 2 N–H and O–H groups in total. The van der Waals surface area contributed by atoms with Crippen LogP contribution in [0.1, 0.15) is 6.42 Å². The van der Waals surface area contributed by atoms with Crippen LogP contribution in [0.15, 0.2) is 54.6 Å². The van der Waals surface area contributed by atoms with Crippen molar-refractivity contribution < 1.29 is 14.3 Å². The maximum absolute atomic E-state index is 12.0. The molecule has 1 heterocycles. The number of rotatable bonds is 5. The average Bonchev–Trinajstić information content (AvgIpc) is 2.58. The monoisotopic (exact) mass is 312 g/mol. The first-order valence-corrected chi connectivity index (χ1v) is 7.73. The topological polar surface area (TPSA) is 59.6 Å². The van der Waals surface area contributed by atoms with Crippen LogP contribution in [0.5, 0.6) is 11.5 Å². The minimum Gasteiger partial charge on any atom is -0.457 e. The highest BCUT2D eigenvalue weighted by Crippen LogP contribution is 2.22. The van der Waals surface area contributed by atoms with Gasteiger partial charge in [-0.25, -0.2) is 0 Å². The van der Waals surface area contributed by atoms with Gasteiger partial charge in [0.1, 0.15) is 11.5 Å². The number of carbonyl (C=O) groups is 1. The summed E-state index contributed by atoms with van der Waals surface area (Å²) in [7, 11) is 0.